The van der Waals surface area contributed by atoms with Crippen molar-refractivity contribution in [2.24, 2.45) is 5.92 Å². The van der Waals surface area contributed by atoms with Crippen LogP contribution in [0.3, 0.4) is 0 Å². The minimum absolute atomic E-state index is 0.630. The average Bonchev–Trinajstić information content (AvgIpc) is 2.85. The first kappa shape index (κ1) is 9.22. The minimum Gasteiger partial charge on any atom is -0.312 e. The summed E-state index contributed by atoms with van der Waals surface area (Å²) in [6, 6.07) is 5.20. The third kappa shape index (κ3) is 1.94. The maximum absolute atomic E-state index is 3.43. The lowest BCUT2D eigenvalue weighted by molar-refractivity contribution is 0.537. The zero-order valence-electron chi connectivity index (χ0n) is 8.34. The molecule has 1 aromatic rings. The predicted octanol–water partition coefficient (Wildman–Crippen LogP) is 2.98. The Labute approximate surface area is 84.2 Å². The molecule has 13 heavy (non-hydrogen) atoms. The highest BCUT2D eigenvalue weighted by atomic mass is 32.1. The molecule has 1 aromatic heterocycles. The molecular weight excluding hydrogens is 178 g/mol. The highest BCUT2D eigenvalue weighted by Crippen LogP contribution is 2.42. The fourth-order valence-corrected chi connectivity index (χ4v) is 2.95. The Morgan fingerprint density at radius 2 is 2.31 bits per heavy atom. The molecule has 72 valence electrons. The zero-order chi connectivity index (χ0) is 9.26. The molecule has 1 saturated carbocycles. The molecule has 1 unspecified atom stereocenters. The fraction of sp³-hybridized carbons (Fsp3) is 0.636. The Balaban J connectivity index is 2.12. The highest BCUT2D eigenvalue weighted by Gasteiger charge is 2.31. The maximum atomic E-state index is 3.43. The number of nitrogens with one attached hydrogen (secondary N) is 1. The molecular formula is C11H17NS. The van der Waals surface area contributed by atoms with Gasteiger partial charge >= 0.3 is 0 Å². The van der Waals surface area contributed by atoms with Crippen molar-refractivity contribution < 1.29 is 0 Å². The largest absolute Gasteiger partial charge is 0.312 e. The summed E-state index contributed by atoms with van der Waals surface area (Å²) in [4.78, 5) is 3.04. The van der Waals surface area contributed by atoms with Crippen molar-refractivity contribution in [1.29, 1.82) is 0 Å². The Kier molecular flexibility index (Phi) is 2.70. The smallest absolute Gasteiger partial charge is 0.0441 e. The van der Waals surface area contributed by atoms with Gasteiger partial charge in [-0.25, -0.2) is 0 Å². The molecule has 1 N–H and O–H groups in total. The van der Waals surface area contributed by atoms with Gasteiger partial charge in [0.2, 0.25) is 0 Å². The van der Waals surface area contributed by atoms with Crippen molar-refractivity contribution in [2.75, 3.05) is 7.05 Å². The normalized spacial score (nSPS) is 18.9. The molecule has 0 aliphatic heterocycles. The first-order chi connectivity index (χ1) is 6.35. The third-order valence-electron chi connectivity index (χ3n) is 2.74. The van der Waals surface area contributed by atoms with Gasteiger partial charge in [-0.05, 0) is 44.4 Å². The molecule has 1 heterocycles. The Hall–Kier alpha value is -0.340. The molecule has 0 saturated heterocycles. The van der Waals surface area contributed by atoms with Crippen molar-refractivity contribution in [1.82, 2.24) is 5.32 Å². The molecule has 1 atom stereocenters. The van der Waals surface area contributed by atoms with Gasteiger partial charge in [0.1, 0.15) is 0 Å². The van der Waals surface area contributed by atoms with Gasteiger partial charge < -0.3 is 5.32 Å². The van der Waals surface area contributed by atoms with E-state index in [-0.39, 0.29) is 0 Å². The summed E-state index contributed by atoms with van der Waals surface area (Å²) in [5, 5.41) is 3.43. The molecule has 1 fully saturated rings. The van der Waals surface area contributed by atoms with Crippen LogP contribution in [0, 0.1) is 5.92 Å². The summed E-state index contributed by atoms with van der Waals surface area (Å²) in [5.41, 5.74) is 0. The van der Waals surface area contributed by atoms with Gasteiger partial charge in [-0.15, -0.1) is 11.3 Å². The highest BCUT2D eigenvalue weighted by molar-refractivity contribution is 7.12. The molecule has 1 aliphatic carbocycles. The molecule has 0 bridgehead atoms. The SMILES string of the molecule is CCc1ccc(C(NC)C2CC2)s1. The second-order valence-electron chi connectivity index (χ2n) is 3.76. The molecule has 0 amide bonds. The molecule has 2 rings (SSSR count). The van der Waals surface area contributed by atoms with Crippen molar-refractivity contribution in [3.8, 4) is 0 Å². The number of hydrogen-bond donors (Lipinski definition) is 1. The molecule has 0 radical (unpaired) electrons. The molecule has 0 spiro atoms. The Morgan fingerprint density at radius 1 is 1.54 bits per heavy atom. The number of rotatable bonds is 4. The summed E-state index contributed by atoms with van der Waals surface area (Å²) in [6.07, 6.45) is 3.99. The minimum atomic E-state index is 0.630. The fourth-order valence-electron chi connectivity index (χ4n) is 1.79. The lowest BCUT2D eigenvalue weighted by atomic mass is 10.1. The van der Waals surface area contributed by atoms with Crippen LogP contribution in [0.5, 0.6) is 0 Å². The van der Waals surface area contributed by atoms with E-state index in [9.17, 15) is 0 Å². The van der Waals surface area contributed by atoms with Crippen LogP contribution in [0.15, 0.2) is 12.1 Å². The van der Waals surface area contributed by atoms with Gasteiger partial charge in [0.05, 0.1) is 0 Å². The molecule has 2 heteroatoms. The molecule has 0 aromatic carbocycles. The maximum Gasteiger partial charge on any atom is 0.0441 e. The first-order valence-electron chi connectivity index (χ1n) is 5.11. The topological polar surface area (TPSA) is 12.0 Å². The second kappa shape index (κ2) is 3.81. The zero-order valence-corrected chi connectivity index (χ0v) is 9.16. The monoisotopic (exact) mass is 195 g/mol. The van der Waals surface area contributed by atoms with E-state index in [0.29, 0.717) is 6.04 Å². The van der Waals surface area contributed by atoms with Crippen LogP contribution in [-0.2, 0) is 6.42 Å². The van der Waals surface area contributed by atoms with Crippen molar-refractivity contribution in [2.45, 2.75) is 32.2 Å². The van der Waals surface area contributed by atoms with Crippen LogP contribution < -0.4 is 5.32 Å². The predicted molar refractivity (Wildman–Crippen MR) is 58.2 cm³/mol. The van der Waals surface area contributed by atoms with E-state index in [2.05, 4.69) is 31.4 Å². The van der Waals surface area contributed by atoms with E-state index >= 15 is 0 Å². The van der Waals surface area contributed by atoms with Gasteiger partial charge in [0, 0.05) is 15.8 Å². The van der Waals surface area contributed by atoms with Crippen LogP contribution in [0.25, 0.3) is 0 Å². The lowest BCUT2D eigenvalue weighted by Gasteiger charge is -2.12. The van der Waals surface area contributed by atoms with Crippen LogP contribution in [0.2, 0.25) is 0 Å². The lowest BCUT2D eigenvalue weighted by Crippen LogP contribution is -2.16. The third-order valence-corrected chi connectivity index (χ3v) is 4.05. The van der Waals surface area contributed by atoms with E-state index in [1.807, 2.05) is 11.3 Å². The van der Waals surface area contributed by atoms with E-state index in [0.717, 1.165) is 5.92 Å². The average molecular weight is 195 g/mol. The second-order valence-corrected chi connectivity index (χ2v) is 4.96. The summed E-state index contributed by atoms with van der Waals surface area (Å²) < 4.78 is 0. The van der Waals surface area contributed by atoms with Gasteiger partial charge in [-0.1, -0.05) is 6.92 Å². The standard InChI is InChI=1S/C11H17NS/c1-3-9-6-7-10(13-9)11(12-2)8-4-5-8/h6-8,11-12H,3-5H2,1-2H3. The van der Waals surface area contributed by atoms with Crippen LogP contribution in [-0.4, -0.2) is 7.05 Å². The van der Waals surface area contributed by atoms with Gasteiger partial charge in [-0.3, -0.25) is 0 Å². The first-order valence-corrected chi connectivity index (χ1v) is 5.92. The number of aryl methyl sites for hydroxylation is 1. The van der Waals surface area contributed by atoms with E-state index in [4.69, 9.17) is 0 Å². The van der Waals surface area contributed by atoms with E-state index < -0.39 is 0 Å². The summed E-state index contributed by atoms with van der Waals surface area (Å²) in [5.74, 6) is 0.911. The van der Waals surface area contributed by atoms with Gasteiger partial charge in [0.15, 0.2) is 0 Å². The van der Waals surface area contributed by atoms with Crippen LogP contribution in [0.4, 0.5) is 0 Å². The molecule has 1 aliphatic rings. The van der Waals surface area contributed by atoms with Crippen molar-refractivity contribution in [3.05, 3.63) is 21.9 Å². The van der Waals surface area contributed by atoms with Crippen LogP contribution >= 0.6 is 11.3 Å². The van der Waals surface area contributed by atoms with E-state index in [1.54, 1.807) is 0 Å². The number of hydrogen-bond acceptors (Lipinski definition) is 2. The van der Waals surface area contributed by atoms with E-state index in [1.165, 1.54) is 29.0 Å². The summed E-state index contributed by atoms with van der Waals surface area (Å²) in [6.45, 7) is 2.22. The van der Waals surface area contributed by atoms with Crippen molar-refractivity contribution >= 4 is 11.3 Å². The number of thiophene rings is 1. The van der Waals surface area contributed by atoms with Gasteiger partial charge in [-0.2, -0.15) is 0 Å². The summed E-state index contributed by atoms with van der Waals surface area (Å²) >= 11 is 1.97. The Bertz CT molecular complexity index is 275. The Morgan fingerprint density at radius 3 is 2.77 bits per heavy atom. The van der Waals surface area contributed by atoms with Crippen LogP contribution in [0.1, 0.15) is 35.6 Å². The van der Waals surface area contributed by atoms with Crippen molar-refractivity contribution in [3.63, 3.8) is 0 Å². The quantitative estimate of drug-likeness (QED) is 0.779. The van der Waals surface area contributed by atoms with Gasteiger partial charge in [0.25, 0.3) is 0 Å². The summed E-state index contributed by atoms with van der Waals surface area (Å²) in [7, 11) is 2.08. The molecule has 1 nitrogen and oxygen atoms in total.